The van der Waals surface area contributed by atoms with E-state index in [0.29, 0.717) is 12.8 Å². The quantitative estimate of drug-likeness (QED) is 0.816. The molecule has 6 heteroatoms. The smallest absolute Gasteiger partial charge is 0.240 e. The second-order valence-corrected chi connectivity index (χ2v) is 6.64. The summed E-state index contributed by atoms with van der Waals surface area (Å²) in [6.45, 7) is 1.84. The zero-order chi connectivity index (χ0) is 15.3. The highest BCUT2D eigenvalue weighted by molar-refractivity contribution is 7.89. The maximum atomic E-state index is 12.2. The van der Waals surface area contributed by atoms with Gasteiger partial charge in [0.15, 0.2) is 0 Å². The molecule has 0 bridgehead atoms. The van der Waals surface area contributed by atoms with Gasteiger partial charge in [0.2, 0.25) is 10.0 Å². The topological polar surface area (TPSA) is 79.5 Å². The summed E-state index contributed by atoms with van der Waals surface area (Å²) in [5.74, 6) is 0.739. The lowest BCUT2D eigenvalue weighted by molar-refractivity contribution is 0.299. The van der Waals surface area contributed by atoms with Crippen LogP contribution in [0.3, 0.4) is 0 Å². The average molecular weight is 309 g/mol. The number of hydrogen-bond acceptors (Lipinski definition) is 4. The van der Waals surface area contributed by atoms with E-state index in [1.807, 2.05) is 6.07 Å². The van der Waals surface area contributed by atoms with Crippen LogP contribution in [0, 0.1) is 0 Å². The van der Waals surface area contributed by atoms with Gasteiger partial charge in [-0.25, -0.2) is 13.1 Å². The van der Waals surface area contributed by atoms with Gasteiger partial charge < -0.3 is 9.52 Å². The van der Waals surface area contributed by atoms with Gasteiger partial charge in [-0.15, -0.1) is 0 Å². The largest absolute Gasteiger partial charge is 0.469 e. The number of hydrogen-bond donors (Lipinski definition) is 2. The first kappa shape index (κ1) is 15.8. The number of rotatable bonds is 7. The van der Waals surface area contributed by atoms with Crippen LogP contribution < -0.4 is 4.72 Å². The molecule has 0 aliphatic carbocycles. The molecule has 0 fully saturated rings. The molecule has 0 aliphatic rings. The summed E-state index contributed by atoms with van der Waals surface area (Å²) in [6.07, 6.45) is 2.58. The highest BCUT2D eigenvalue weighted by atomic mass is 32.2. The monoisotopic (exact) mass is 309 g/mol. The van der Waals surface area contributed by atoms with Crippen molar-refractivity contribution in [2.45, 2.75) is 30.7 Å². The van der Waals surface area contributed by atoms with Gasteiger partial charge in [0, 0.05) is 19.1 Å². The highest BCUT2D eigenvalue weighted by Crippen LogP contribution is 2.13. The number of nitrogens with one attached hydrogen (secondary N) is 1. The van der Waals surface area contributed by atoms with Gasteiger partial charge in [-0.2, -0.15) is 0 Å². The third-order valence-electron chi connectivity index (χ3n) is 3.08. The van der Waals surface area contributed by atoms with Crippen molar-refractivity contribution in [2.24, 2.45) is 0 Å². The molecule has 1 aromatic carbocycles. The fourth-order valence-electron chi connectivity index (χ4n) is 2.07. The molecule has 0 aliphatic heterocycles. The lowest BCUT2D eigenvalue weighted by Gasteiger charge is -2.13. The molecule has 0 radical (unpaired) electrons. The zero-order valence-electron chi connectivity index (χ0n) is 11.8. The Morgan fingerprint density at radius 2 is 1.95 bits per heavy atom. The van der Waals surface area contributed by atoms with Crippen LogP contribution in [0.2, 0.25) is 0 Å². The van der Waals surface area contributed by atoms with Crippen molar-refractivity contribution < 1.29 is 17.9 Å². The molecule has 1 aromatic heterocycles. The van der Waals surface area contributed by atoms with Crippen LogP contribution in [0.4, 0.5) is 0 Å². The summed E-state index contributed by atoms with van der Waals surface area (Å²) in [5, 5.41) is 8.85. The van der Waals surface area contributed by atoms with E-state index in [-0.39, 0.29) is 17.5 Å². The third kappa shape index (κ3) is 4.42. The Bertz CT molecular complexity index is 647. The van der Waals surface area contributed by atoms with Crippen molar-refractivity contribution in [2.75, 3.05) is 6.61 Å². The molecule has 1 heterocycles. The van der Waals surface area contributed by atoms with Gasteiger partial charge in [-0.05, 0) is 43.2 Å². The van der Waals surface area contributed by atoms with Crippen molar-refractivity contribution in [3.8, 4) is 0 Å². The maximum Gasteiger partial charge on any atom is 0.240 e. The summed E-state index contributed by atoms with van der Waals surface area (Å²) in [4.78, 5) is 0.218. The first-order chi connectivity index (χ1) is 10.0. The third-order valence-corrected chi connectivity index (χ3v) is 4.68. The number of aliphatic hydroxyl groups excluding tert-OH is 1. The Kier molecular flexibility index (Phi) is 5.17. The summed E-state index contributed by atoms with van der Waals surface area (Å²) in [5.41, 5.74) is 0.903. The normalized spacial score (nSPS) is 13.2. The molecule has 0 spiro atoms. The van der Waals surface area contributed by atoms with E-state index < -0.39 is 10.0 Å². The molecule has 2 rings (SSSR count). The molecule has 0 saturated carbocycles. The SMILES string of the molecule is CC(Cc1ccco1)NS(=O)(=O)c1ccc(CCO)cc1. The van der Waals surface area contributed by atoms with Crippen LogP contribution in [0.25, 0.3) is 0 Å². The van der Waals surface area contributed by atoms with E-state index in [4.69, 9.17) is 9.52 Å². The van der Waals surface area contributed by atoms with Gasteiger partial charge in [0.05, 0.1) is 11.2 Å². The Hall–Kier alpha value is -1.63. The Morgan fingerprint density at radius 3 is 2.52 bits per heavy atom. The number of furan rings is 1. The standard InChI is InChI=1S/C15H19NO4S/c1-12(11-14-3-2-10-20-14)16-21(18,19)15-6-4-13(5-7-15)8-9-17/h2-7,10,12,16-17H,8-9,11H2,1H3. The zero-order valence-corrected chi connectivity index (χ0v) is 12.6. The minimum Gasteiger partial charge on any atom is -0.469 e. The average Bonchev–Trinajstić information content (AvgIpc) is 2.92. The van der Waals surface area contributed by atoms with Gasteiger partial charge in [0.25, 0.3) is 0 Å². The lowest BCUT2D eigenvalue weighted by atomic mass is 10.2. The van der Waals surface area contributed by atoms with E-state index in [1.165, 1.54) is 0 Å². The first-order valence-corrected chi connectivity index (χ1v) is 8.24. The minimum absolute atomic E-state index is 0.0462. The second-order valence-electron chi connectivity index (χ2n) is 4.92. The van der Waals surface area contributed by atoms with E-state index in [9.17, 15) is 8.42 Å². The molecular weight excluding hydrogens is 290 g/mol. The van der Waals surface area contributed by atoms with Crippen LogP contribution in [0.5, 0.6) is 0 Å². The summed E-state index contributed by atoms with van der Waals surface area (Å²) >= 11 is 0. The van der Waals surface area contributed by atoms with Crippen LogP contribution in [-0.4, -0.2) is 26.2 Å². The Morgan fingerprint density at radius 1 is 1.24 bits per heavy atom. The number of benzene rings is 1. The van der Waals surface area contributed by atoms with E-state index >= 15 is 0 Å². The van der Waals surface area contributed by atoms with Crippen molar-refractivity contribution in [3.05, 3.63) is 54.0 Å². The van der Waals surface area contributed by atoms with Crippen molar-refractivity contribution >= 4 is 10.0 Å². The van der Waals surface area contributed by atoms with E-state index in [2.05, 4.69) is 4.72 Å². The summed E-state index contributed by atoms with van der Waals surface area (Å²) in [7, 11) is -3.55. The van der Waals surface area contributed by atoms with E-state index in [1.54, 1.807) is 43.5 Å². The fraction of sp³-hybridized carbons (Fsp3) is 0.333. The molecule has 2 N–H and O–H groups in total. The molecule has 2 aromatic rings. The number of aliphatic hydroxyl groups is 1. The molecule has 0 saturated heterocycles. The van der Waals surface area contributed by atoms with E-state index in [0.717, 1.165) is 11.3 Å². The van der Waals surface area contributed by atoms with Gasteiger partial charge in [-0.1, -0.05) is 12.1 Å². The Balaban J connectivity index is 2.03. The first-order valence-electron chi connectivity index (χ1n) is 6.76. The maximum absolute atomic E-state index is 12.2. The van der Waals surface area contributed by atoms with Crippen LogP contribution in [-0.2, 0) is 22.9 Å². The van der Waals surface area contributed by atoms with Crippen molar-refractivity contribution in [1.29, 1.82) is 0 Å². The van der Waals surface area contributed by atoms with Crippen LogP contribution >= 0.6 is 0 Å². The summed E-state index contributed by atoms with van der Waals surface area (Å²) < 4.78 is 32.3. The summed E-state index contributed by atoms with van der Waals surface area (Å²) in [6, 6.07) is 9.84. The lowest BCUT2D eigenvalue weighted by Crippen LogP contribution is -2.34. The second kappa shape index (κ2) is 6.89. The van der Waals surface area contributed by atoms with Crippen molar-refractivity contribution in [3.63, 3.8) is 0 Å². The molecule has 1 atom stereocenters. The predicted octanol–water partition coefficient (Wildman–Crippen LogP) is 1.72. The molecule has 114 valence electrons. The Labute approximate surface area is 124 Å². The molecular formula is C15H19NO4S. The highest BCUT2D eigenvalue weighted by Gasteiger charge is 2.18. The fourth-order valence-corrected chi connectivity index (χ4v) is 3.31. The van der Waals surface area contributed by atoms with Gasteiger partial charge in [0.1, 0.15) is 5.76 Å². The van der Waals surface area contributed by atoms with Crippen molar-refractivity contribution in [1.82, 2.24) is 4.72 Å². The van der Waals surface area contributed by atoms with Gasteiger partial charge in [-0.3, -0.25) is 0 Å². The minimum atomic E-state index is -3.55. The predicted molar refractivity (Wildman–Crippen MR) is 79.4 cm³/mol. The molecule has 5 nitrogen and oxygen atoms in total. The van der Waals surface area contributed by atoms with Gasteiger partial charge >= 0.3 is 0 Å². The molecule has 1 unspecified atom stereocenters. The molecule has 21 heavy (non-hydrogen) atoms. The number of sulfonamides is 1. The van der Waals surface area contributed by atoms with Crippen LogP contribution in [0.15, 0.2) is 52.0 Å². The van der Waals surface area contributed by atoms with Crippen LogP contribution in [0.1, 0.15) is 18.2 Å². The molecule has 0 amide bonds.